The van der Waals surface area contributed by atoms with E-state index in [1.807, 2.05) is 13.8 Å². The fourth-order valence-electron chi connectivity index (χ4n) is 1.70. The zero-order chi connectivity index (χ0) is 17.4. The van der Waals surface area contributed by atoms with Crippen molar-refractivity contribution in [3.8, 4) is 0 Å². The largest absolute Gasteiger partial charge is 0.481 e. The van der Waals surface area contributed by atoms with Crippen LogP contribution in [0.25, 0.3) is 0 Å². The van der Waals surface area contributed by atoms with Crippen molar-refractivity contribution in [1.29, 1.82) is 0 Å². The predicted molar refractivity (Wildman–Crippen MR) is 86.9 cm³/mol. The molecule has 0 aliphatic rings. The van der Waals surface area contributed by atoms with E-state index in [0.717, 1.165) is 0 Å². The van der Waals surface area contributed by atoms with Crippen LogP contribution in [0.5, 0.6) is 0 Å². The number of aliphatic carboxylic acids is 1. The van der Waals surface area contributed by atoms with E-state index in [4.69, 9.17) is 15.2 Å². The van der Waals surface area contributed by atoms with Gasteiger partial charge in [-0.25, -0.2) is 0 Å². The smallest absolute Gasteiger partial charge is 0.326 e. The quantitative estimate of drug-likeness (QED) is 0.428. The number of esters is 2. The van der Waals surface area contributed by atoms with E-state index in [1.165, 1.54) is 6.92 Å². The highest BCUT2D eigenvalue weighted by Crippen LogP contribution is 2.17. The Morgan fingerprint density at radius 1 is 0.917 bits per heavy atom. The highest BCUT2D eigenvalue weighted by molar-refractivity contribution is 5.83. The predicted octanol–water partition coefficient (Wildman–Crippen LogP) is -0.110. The van der Waals surface area contributed by atoms with Gasteiger partial charge >= 0.3 is 17.9 Å². The summed E-state index contributed by atoms with van der Waals surface area (Å²) >= 11 is 0. The summed E-state index contributed by atoms with van der Waals surface area (Å²) in [5.41, 5.74) is 5.69. The van der Waals surface area contributed by atoms with Crippen molar-refractivity contribution in [2.75, 3.05) is 0 Å². The van der Waals surface area contributed by atoms with Crippen LogP contribution in [0.1, 0.15) is 47.5 Å². The Bertz CT molecular complexity index is 397. The Morgan fingerprint density at radius 2 is 1.38 bits per heavy atom. The van der Waals surface area contributed by atoms with Crippen LogP contribution in [0.15, 0.2) is 0 Å². The molecule has 0 aromatic heterocycles. The van der Waals surface area contributed by atoms with Crippen LogP contribution in [0.4, 0.5) is 0 Å². The van der Waals surface area contributed by atoms with Crippen molar-refractivity contribution in [3.05, 3.63) is 0 Å². The third-order valence-corrected chi connectivity index (χ3v) is 3.11. The van der Waals surface area contributed by atoms with Gasteiger partial charge in [-0.3, -0.25) is 14.4 Å². The minimum absolute atomic E-state index is 0. The van der Waals surface area contributed by atoms with Crippen LogP contribution >= 0.6 is 0 Å². The van der Waals surface area contributed by atoms with E-state index in [-0.39, 0.29) is 23.3 Å². The Hall–Kier alpha value is -1.71. The number of carboxylic acids is 1. The molecule has 144 valence electrons. The Labute approximate surface area is 142 Å². The van der Waals surface area contributed by atoms with Crippen LogP contribution in [0.2, 0.25) is 0 Å². The zero-order valence-corrected chi connectivity index (χ0v) is 14.9. The van der Waals surface area contributed by atoms with Gasteiger partial charge in [0.1, 0.15) is 6.04 Å². The van der Waals surface area contributed by atoms with Crippen molar-refractivity contribution in [2.45, 2.75) is 59.8 Å². The van der Waals surface area contributed by atoms with E-state index < -0.39 is 36.2 Å². The van der Waals surface area contributed by atoms with Crippen LogP contribution in [0, 0.1) is 17.8 Å². The first-order valence-corrected chi connectivity index (χ1v) is 7.45. The summed E-state index contributed by atoms with van der Waals surface area (Å²) in [6, 6.07) is -1.29. The van der Waals surface area contributed by atoms with Crippen LogP contribution in [-0.2, 0) is 23.9 Å². The third kappa shape index (κ3) is 10.1. The summed E-state index contributed by atoms with van der Waals surface area (Å²) in [4.78, 5) is 34.5. The van der Waals surface area contributed by atoms with Gasteiger partial charge in [-0.1, -0.05) is 34.1 Å². The molecular weight excluding hydrogens is 322 g/mol. The molecule has 0 rings (SSSR count). The first-order chi connectivity index (χ1) is 10.1. The van der Waals surface area contributed by atoms with Crippen LogP contribution in [0.3, 0.4) is 0 Å². The number of carbonyl (C=O) groups is 3. The Balaban J connectivity index is -0.00000220. The molecule has 0 aliphatic heterocycles. The molecule has 0 bridgehead atoms. The standard InChI is InChI=1S/C15H27NO6.2H2O/c1-8(2)6-7-11(13(17)18)12(16)15(20)22-10(5)21-14(19)9(3)4;;/h8-12H,6-7,16H2,1-5H3,(H,17,18);2*1H2/t10-,11?,12?;;/m1../s1. The highest BCUT2D eigenvalue weighted by Gasteiger charge is 2.33. The topological polar surface area (TPSA) is 179 Å². The van der Waals surface area contributed by atoms with Gasteiger partial charge in [0.2, 0.25) is 6.29 Å². The molecule has 0 aromatic rings. The summed E-state index contributed by atoms with van der Waals surface area (Å²) in [6.45, 7) is 8.59. The van der Waals surface area contributed by atoms with Gasteiger partial charge in [0, 0.05) is 6.92 Å². The molecule has 9 nitrogen and oxygen atoms in total. The van der Waals surface area contributed by atoms with Crippen molar-refractivity contribution in [3.63, 3.8) is 0 Å². The SMILES string of the molecule is CC(C)CCC(C(=O)O)C(N)C(=O)O[C@H](C)OC(=O)C(C)C.O.O. The van der Waals surface area contributed by atoms with Crippen LogP contribution in [-0.4, -0.2) is 46.3 Å². The van der Waals surface area contributed by atoms with Gasteiger partial charge in [-0.05, 0) is 12.3 Å². The third-order valence-electron chi connectivity index (χ3n) is 3.11. The molecule has 0 fully saturated rings. The number of hydrogen-bond donors (Lipinski definition) is 2. The summed E-state index contributed by atoms with van der Waals surface area (Å²) < 4.78 is 9.79. The van der Waals surface area contributed by atoms with Gasteiger partial charge < -0.3 is 31.3 Å². The molecule has 9 heteroatoms. The lowest BCUT2D eigenvalue weighted by Gasteiger charge is -2.22. The molecule has 0 amide bonds. The molecule has 24 heavy (non-hydrogen) atoms. The monoisotopic (exact) mass is 353 g/mol. The molecule has 0 spiro atoms. The molecule has 0 aliphatic carbocycles. The van der Waals surface area contributed by atoms with Crippen molar-refractivity contribution in [2.24, 2.45) is 23.5 Å². The number of ether oxygens (including phenoxy) is 2. The first kappa shape index (κ1) is 27.2. The van der Waals surface area contributed by atoms with E-state index >= 15 is 0 Å². The zero-order valence-electron chi connectivity index (χ0n) is 14.9. The number of carbonyl (C=O) groups excluding carboxylic acids is 2. The second-order valence-corrected chi connectivity index (χ2v) is 6.04. The van der Waals surface area contributed by atoms with Gasteiger partial charge in [-0.2, -0.15) is 0 Å². The second kappa shape index (κ2) is 12.7. The van der Waals surface area contributed by atoms with Crippen molar-refractivity contribution in [1.82, 2.24) is 0 Å². The van der Waals surface area contributed by atoms with E-state index in [1.54, 1.807) is 13.8 Å². The maximum absolute atomic E-state index is 11.9. The fraction of sp³-hybridized carbons (Fsp3) is 0.800. The average molecular weight is 353 g/mol. The minimum atomic E-state index is -1.29. The Kier molecular flexibility index (Phi) is 14.3. The molecule has 0 heterocycles. The van der Waals surface area contributed by atoms with Gasteiger partial charge in [0.15, 0.2) is 0 Å². The molecular formula is C15H31NO8. The molecule has 0 saturated carbocycles. The van der Waals surface area contributed by atoms with Gasteiger partial charge in [0.25, 0.3) is 0 Å². The number of carboxylic acid groups (broad SMARTS) is 1. The second-order valence-electron chi connectivity index (χ2n) is 6.04. The van der Waals surface area contributed by atoms with Crippen LogP contribution < -0.4 is 5.73 Å². The van der Waals surface area contributed by atoms with Gasteiger partial charge in [-0.15, -0.1) is 0 Å². The van der Waals surface area contributed by atoms with E-state index in [9.17, 15) is 19.5 Å². The van der Waals surface area contributed by atoms with Crippen molar-refractivity contribution >= 4 is 17.9 Å². The lowest BCUT2D eigenvalue weighted by molar-refractivity contribution is -0.189. The summed E-state index contributed by atoms with van der Waals surface area (Å²) in [5.74, 6) is -3.62. The summed E-state index contributed by atoms with van der Waals surface area (Å²) in [5, 5.41) is 9.18. The molecule has 3 atom stereocenters. The number of nitrogens with two attached hydrogens (primary N) is 1. The summed E-state index contributed by atoms with van der Waals surface area (Å²) in [7, 11) is 0. The van der Waals surface area contributed by atoms with E-state index in [0.29, 0.717) is 12.3 Å². The van der Waals surface area contributed by atoms with Crippen molar-refractivity contribution < 1.29 is 39.9 Å². The lowest BCUT2D eigenvalue weighted by Crippen LogP contribution is -2.44. The van der Waals surface area contributed by atoms with E-state index in [2.05, 4.69) is 0 Å². The maximum Gasteiger partial charge on any atom is 0.326 e. The molecule has 2 unspecified atom stereocenters. The summed E-state index contributed by atoms with van der Waals surface area (Å²) in [6.07, 6.45) is -0.188. The normalized spacial score (nSPS) is 14.0. The number of hydrogen-bond acceptors (Lipinski definition) is 6. The highest BCUT2D eigenvalue weighted by atomic mass is 16.7. The first-order valence-electron chi connectivity index (χ1n) is 7.45. The molecule has 0 radical (unpaired) electrons. The fourth-order valence-corrected chi connectivity index (χ4v) is 1.70. The lowest BCUT2D eigenvalue weighted by atomic mass is 9.92. The molecule has 0 saturated heterocycles. The minimum Gasteiger partial charge on any atom is -0.481 e. The molecule has 7 N–H and O–H groups in total. The number of rotatable bonds is 9. The average Bonchev–Trinajstić information content (AvgIpc) is 2.37. The van der Waals surface area contributed by atoms with Gasteiger partial charge in [0.05, 0.1) is 11.8 Å². The Morgan fingerprint density at radius 3 is 1.75 bits per heavy atom. The maximum atomic E-state index is 11.9. The molecule has 0 aromatic carbocycles.